The molecule has 0 spiro atoms. The summed E-state index contributed by atoms with van der Waals surface area (Å²) in [4.78, 5) is 1.46. The second kappa shape index (κ2) is 4.11. The molecule has 2 aromatic rings. The summed E-state index contributed by atoms with van der Waals surface area (Å²) >= 11 is 1.89. The van der Waals surface area contributed by atoms with Gasteiger partial charge in [0, 0.05) is 9.58 Å². The van der Waals surface area contributed by atoms with Gasteiger partial charge >= 0.3 is 0 Å². The fourth-order valence-electron chi connectivity index (χ4n) is 1.64. The van der Waals surface area contributed by atoms with Crippen molar-refractivity contribution in [3.63, 3.8) is 0 Å². The predicted octanol–water partition coefficient (Wildman–Crippen LogP) is 3.35. The van der Waals surface area contributed by atoms with Gasteiger partial charge in [-0.2, -0.15) is 0 Å². The van der Waals surface area contributed by atoms with Crippen LogP contribution in [0.1, 0.15) is 24.1 Å². The first-order valence-electron chi connectivity index (χ1n) is 5.00. The Morgan fingerprint density at radius 1 is 1.36 bits per heavy atom. The van der Waals surface area contributed by atoms with Crippen LogP contribution < -0.4 is 5.73 Å². The Hall–Kier alpha value is -0.860. The summed E-state index contributed by atoms with van der Waals surface area (Å²) in [6.07, 6.45) is 1.08. The lowest BCUT2D eigenvalue weighted by Gasteiger charge is -2.05. The summed E-state index contributed by atoms with van der Waals surface area (Å²) in [5.41, 5.74) is 5.57. The summed E-state index contributed by atoms with van der Waals surface area (Å²) < 4.78 is 1.38. The average Bonchev–Trinajstić information content (AvgIpc) is 2.61. The third-order valence-corrected chi connectivity index (χ3v) is 3.88. The van der Waals surface area contributed by atoms with Gasteiger partial charge in [0.15, 0.2) is 0 Å². The first-order valence-corrected chi connectivity index (χ1v) is 5.81. The molecule has 2 N–H and O–H groups in total. The van der Waals surface area contributed by atoms with E-state index in [4.69, 9.17) is 5.73 Å². The lowest BCUT2D eigenvalue weighted by atomic mass is 10.1. The number of hydrogen-bond donors (Lipinski definition) is 1. The Morgan fingerprint density at radius 2 is 2.14 bits per heavy atom. The van der Waals surface area contributed by atoms with E-state index in [1.165, 1.54) is 15.0 Å². The largest absolute Gasteiger partial charge is 0.330 e. The Bertz CT molecular complexity index is 386. The molecule has 2 rings (SSSR count). The summed E-state index contributed by atoms with van der Waals surface area (Å²) in [6, 6.07) is 10.8. The van der Waals surface area contributed by atoms with E-state index < -0.39 is 0 Å². The third-order valence-electron chi connectivity index (χ3n) is 2.53. The molecule has 0 saturated carbocycles. The smallest absolute Gasteiger partial charge is 0.0345 e. The molecule has 74 valence electrons. The highest BCUT2D eigenvalue weighted by Crippen LogP contribution is 2.31. The van der Waals surface area contributed by atoms with Gasteiger partial charge in [-0.05, 0) is 36.4 Å². The monoisotopic (exact) mass is 205 g/mol. The van der Waals surface area contributed by atoms with Gasteiger partial charge in [0.25, 0.3) is 0 Å². The van der Waals surface area contributed by atoms with Gasteiger partial charge in [-0.1, -0.05) is 25.1 Å². The first-order chi connectivity index (χ1) is 6.81. The zero-order chi connectivity index (χ0) is 9.97. The van der Waals surface area contributed by atoms with E-state index in [1.807, 2.05) is 11.3 Å². The van der Waals surface area contributed by atoms with E-state index in [1.54, 1.807) is 0 Å². The zero-order valence-corrected chi connectivity index (χ0v) is 9.18. The van der Waals surface area contributed by atoms with Crippen LogP contribution in [0.2, 0.25) is 0 Å². The van der Waals surface area contributed by atoms with Crippen molar-refractivity contribution in [3.05, 3.63) is 35.2 Å². The first kappa shape index (κ1) is 9.69. The van der Waals surface area contributed by atoms with E-state index in [9.17, 15) is 0 Å². The van der Waals surface area contributed by atoms with Crippen LogP contribution in [-0.4, -0.2) is 6.54 Å². The highest BCUT2D eigenvalue weighted by Gasteiger charge is 2.07. The predicted molar refractivity (Wildman–Crippen MR) is 63.9 cm³/mol. The van der Waals surface area contributed by atoms with Crippen molar-refractivity contribution in [2.24, 2.45) is 5.73 Å². The molecule has 2 heteroatoms. The highest BCUT2D eigenvalue weighted by molar-refractivity contribution is 7.19. The van der Waals surface area contributed by atoms with Gasteiger partial charge in [0.1, 0.15) is 0 Å². The van der Waals surface area contributed by atoms with Crippen LogP contribution in [-0.2, 0) is 0 Å². The molecule has 14 heavy (non-hydrogen) atoms. The number of benzene rings is 1. The molecule has 0 fully saturated rings. The number of hydrogen-bond acceptors (Lipinski definition) is 2. The fraction of sp³-hybridized carbons (Fsp3) is 0.333. The van der Waals surface area contributed by atoms with Crippen molar-refractivity contribution >= 4 is 21.4 Å². The van der Waals surface area contributed by atoms with Crippen LogP contribution in [0.4, 0.5) is 0 Å². The maximum absolute atomic E-state index is 5.57. The lowest BCUT2D eigenvalue weighted by Crippen LogP contribution is -2.03. The number of nitrogens with two attached hydrogens (primary N) is 1. The Kier molecular flexibility index (Phi) is 2.85. The molecule has 1 atom stereocenters. The molecule has 0 saturated heterocycles. The van der Waals surface area contributed by atoms with Crippen LogP contribution in [0, 0.1) is 0 Å². The summed E-state index contributed by atoms with van der Waals surface area (Å²) in [5, 5.41) is 1.36. The Labute approximate surface area is 88.6 Å². The molecule has 0 aliphatic rings. The van der Waals surface area contributed by atoms with Crippen LogP contribution in [0.25, 0.3) is 10.1 Å². The lowest BCUT2D eigenvalue weighted by molar-refractivity contribution is 0.702. The van der Waals surface area contributed by atoms with Crippen LogP contribution in [0.15, 0.2) is 30.3 Å². The maximum Gasteiger partial charge on any atom is 0.0345 e. The summed E-state index contributed by atoms with van der Waals surface area (Å²) in [5.74, 6) is 0.595. The fourth-order valence-corrected chi connectivity index (χ4v) is 2.79. The maximum atomic E-state index is 5.57. The molecule has 0 amide bonds. The molecule has 1 nitrogen and oxygen atoms in total. The van der Waals surface area contributed by atoms with Gasteiger partial charge in [-0.3, -0.25) is 0 Å². The van der Waals surface area contributed by atoms with Gasteiger partial charge in [-0.25, -0.2) is 0 Å². The highest BCUT2D eigenvalue weighted by atomic mass is 32.1. The van der Waals surface area contributed by atoms with Gasteiger partial charge < -0.3 is 5.73 Å². The molecule has 0 bridgehead atoms. The molecule has 1 unspecified atom stereocenters. The molecule has 1 heterocycles. The molecule has 0 aliphatic carbocycles. The zero-order valence-electron chi connectivity index (χ0n) is 8.36. The second-order valence-corrected chi connectivity index (χ2v) is 4.78. The van der Waals surface area contributed by atoms with Crippen molar-refractivity contribution < 1.29 is 0 Å². The molecule has 0 aliphatic heterocycles. The topological polar surface area (TPSA) is 26.0 Å². The van der Waals surface area contributed by atoms with Gasteiger partial charge in [0.2, 0.25) is 0 Å². The van der Waals surface area contributed by atoms with Crippen molar-refractivity contribution in [3.8, 4) is 0 Å². The minimum absolute atomic E-state index is 0.595. The average molecular weight is 205 g/mol. The number of rotatable bonds is 3. The van der Waals surface area contributed by atoms with Crippen LogP contribution in [0.3, 0.4) is 0 Å². The SMILES string of the molecule is CC(CCN)c1cc2ccccc2s1. The normalized spacial score (nSPS) is 13.3. The number of fused-ring (bicyclic) bond motifs is 1. The third kappa shape index (κ3) is 1.81. The van der Waals surface area contributed by atoms with E-state index >= 15 is 0 Å². The molecular formula is C12H15NS. The van der Waals surface area contributed by atoms with Crippen molar-refractivity contribution in [1.82, 2.24) is 0 Å². The molecule has 0 radical (unpaired) electrons. The van der Waals surface area contributed by atoms with E-state index in [2.05, 4.69) is 37.3 Å². The molecule has 1 aromatic carbocycles. The van der Waals surface area contributed by atoms with E-state index in [-0.39, 0.29) is 0 Å². The second-order valence-electron chi connectivity index (χ2n) is 3.66. The van der Waals surface area contributed by atoms with E-state index in [0.29, 0.717) is 5.92 Å². The van der Waals surface area contributed by atoms with Gasteiger partial charge in [0.05, 0.1) is 0 Å². The van der Waals surface area contributed by atoms with Crippen molar-refractivity contribution in [1.29, 1.82) is 0 Å². The van der Waals surface area contributed by atoms with Crippen molar-refractivity contribution in [2.75, 3.05) is 6.54 Å². The summed E-state index contributed by atoms with van der Waals surface area (Å²) in [6.45, 7) is 3.02. The van der Waals surface area contributed by atoms with Crippen LogP contribution in [0.5, 0.6) is 0 Å². The quantitative estimate of drug-likeness (QED) is 0.817. The van der Waals surface area contributed by atoms with Gasteiger partial charge in [-0.15, -0.1) is 11.3 Å². The number of thiophene rings is 1. The van der Waals surface area contributed by atoms with Crippen molar-refractivity contribution in [2.45, 2.75) is 19.3 Å². The molecule has 1 aromatic heterocycles. The Balaban J connectivity index is 2.35. The minimum atomic E-state index is 0.595. The van der Waals surface area contributed by atoms with Crippen LogP contribution >= 0.6 is 11.3 Å². The summed E-state index contributed by atoms with van der Waals surface area (Å²) in [7, 11) is 0. The molecular weight excluding hydrogens is 190 g/mol. The Morgan fingerprint density at radius 3 is 2.86 bits per heavy atom. The minimum Gasteiger partial charge on any atom is -0.330 e. The van der Waals surface area contributed by atoms with E-state index in [0.717, 1.165) is 13.0 Å². The standard InChI is InChI=1S/C12H15NS/c1-9(6-7-13)12-8-10-4-2-3-5-11(10)14-12/h2-5,8-9H,6-7,13H2,1H3.